The van der Waals surface area contributed by atoms with Gasteiger partial charge in [0.25, 0.3) is 0 Å². The van der Waals surface area contributed by atoms with Crippen LogP contribution in [0.15, 0.2) is 48.5 Å². The normalized spacial score (nSPS) is 15.4. The number of hydrogen-bond acceptors (Lipinski definition) is 6. The lowest BCUT2D eigenvalue weighted by molar-refractivity contribution is -0.384. The fourth-order valence-electron chi connectivity index (χ4n) is 3.81. The number of likely N-dealkylation sites (N-methyl/N-ethyl adjacent to an activating group) is 1. The number of para-hydroxylation sites is 1. The molecule has 1 fully saturated rings. The Morgan fingerprint density at radius 2 is 1.83 bits per heavy atom. The highest BCUT2D eigenvalue weighted by atomic mass is 35.5. The highest BCUT2D eigenvalue weighted by molar-refractivity contribution is 6.33. The first-order chi connectivity index (χ1) is 14.5. The van der Waals surface area contributed by atoms with E-state index in [9.17, 15) is 10.1 Å². The maximum atomic E-state index is 11.6. The van der Waals surface area contributed by atoms with Crippen molar-refractivity contribution in [2.45, 2.75) is 13.1 Å². The lowest BCUT2D eigenvalue weighted by Gasteiger charge is -2.32. The zero-order valence-corrected chi connectivity index (χ0v) is 17.6. The number of benzene rings is 2. The van der Waals surface area contributed by atoms with Crippen molar-refractivity contribution in [3.63, 3.8) is 0 Å². The minimum atomic E-state index is -0.478. The molecule has 3 aromatic rings. The summed E-state index contributed by atoms with van der Waals surface area (Å²) in [6.07, 6.45) is 0. The van der Waals surface area contributed by atoms with Crippen LogP contribution in [0.3, 0.4) is 0 Å². The van der Waals surface area contributed by atoms with Gasteiger partial charge < -0.3 is 10.2 Å². The zero-order chi connectivity index (χ0) is 21.1. The largest absolute Gasteiger partial charge is 0.375 e. The third-order valence-electron chi connectivity index (χ3n) is 5.47. The van der Waals surface area contributed by atoms with Crippen molar-refractivity contribution in [1.82, 2.24) is 14.8 Å². The van der Waals surface area contributed by atoms with Crippen LogP contribution in [0.2, 0.25) is 5.15 Å². The number of nitro groups is 1. The number of anilines is 1. The second kappa shape index (κ2) is 8.95. The van der Waals surface area contributed by atoms with Crippen molar-refractivity contribution in [3.05, 3.63) is 74.9 Å². The van der Waals surface area contributed by atoms with E-state index in [1.807, 2.05) is 30.3 Å². The van der Waals surface area contributed by atoms with Gasteiger partial charge in [-0.25, -0.2) is 4.98 Å². The summed E-state index contributed by atoms with van der Waals surface area (Å²) in [5.74, 6) is 0. The quantitative estimate of drug-likeness (QED) is 0.363. The molecule has 1 N–H and O–H groups in total. The number of nitrogens with one attached hydrogen (secondary N) is 1. The molecule has 2 aromatic carbocycles. The molecule has 156 valence electrons. The van der Waals surface area contributed by atoms with E-state index < -0.39 is 4.92 Å². The number of aromatic nitrogens is 1. The van der Waals surface area contributed by atoms with Crippen LogP contribution in [-0.2, 0) is 13.1 Å². The van der Waals surface area contributed by atoms with Gasteiger partial charge in [0, 0.05) is 44.7 Å². The van der Waals surface area contributed by atoms with Gasteiger partial charge in [-0.15, -0.1) is 0 Å². The second-order valence-corrected chi connectivity index (χ2v) is 8.01. The summed E-state index contributed by atoms with van der Waals surface area (Å²) in [5.41, 5.74) is 3.14. The van der Waals surface area contributed by atoms with Crippen LogP contribution in [0, 0.1) is 10.1 Å². The van der Waals surface area contributed by atoms with Gasteiger partial charge in [-0.2, -0.15) is 0 Å². The molecule has 1 aliphatic heterocycles. The fourth-order valence-corrected chi connectivity index (χ4v) is 4.06. The Labute approximate surface area is 180 Å². The summed E-state index contributed by atoms with van der Waals surface area (Å²) < 4.78 is 0. The highest BCUT2D eigenvalue weighted by Crippen LogP contribution is 2.37. The van der Waals surface area contributed by atoms with E-state index in [1.165, 1.54) is 5.56 Å². The molecule has 1 aromatic heterocycles. The highest BCUT2D eigenvalue weighted by Gasteiger charge is 2.23. The maximum Gasteiger partial charge on any atom is 0.329 e. The molecular weight excluding hydrogens is 402 g/mol. The molecule has 4 rings (SSSR count). The zero-order valence-electron chi connectivity index (χ0n) is 16.8. The van der Waals surface area contributed by atoms with E-state index in [1.54, 1.807) is 6.07 Å². The average molecular weight is 426 g/mol. The third-order valence-corrected chi connectivity index (χ3v) is 5.73. The first-order valence-corrected chi connectivity index (χ1v) is 10.3. The third kappa shape index (κ3) is 4.53. The predicted octanol–water partition coefficient (Wildman–Crippen LogP) is 4.16. The van der Waals surface area contributed by atoms with E-state index in [0.717, 1.165) is 38.3 Å². The lowest BCUT2D eigenvalue weighted by atomic mass is 10.1. The Balaban J connectivity index is 1.54. The summed E-state index contributed by atoms with van der Waals surface area (Å²) in [6.45, 7) is 5.66. The average Bonchev–Trinajstić information content (AvgIpc) is 2.73. The molecule has 0 spiro atoms. The molecule has 0 saturated carbocycles. The summed E-state index contributed by atoms with van der Waals surface area (Å²) in [5, 5.41) is 15.4. The Hall–Kier alpha value is -2.74. The summed E-state index contributed by atoms with van der Waals surface area (Å²) >= 11 is 6.13. The number of halogens is 1. The summed E-state index contributed by atoms with van der Waals surface area (Å²) in [7, 11) is 2.15. The summed E-state index contributed by atoms with van der Waals surface area (Å²) in [6, 6.07) is 15.6. The van der Waals surface area contributed by atoms with Crippen molar-refractivity contribution < 1.29 is 4.92 Å². The molecule has 8 heteroatoms. The minimum Gasteiger partial charge on any atom is -0.375 e. The number of hydrogen-bond donors (Lipinski definition) is 1. The predicted molar refractivity (Wildman–Crippen MR) is 120 cm³/mol. The van der Waals surface area contributed by atoms with Crippen LogP contribution < -0.4 is 5.32 Å². The van der Waals surface area contributed by atoms with E-state index in [4.69, 9.17) is 11.6 Å². The molecule has 7 nitrogen and oxygen atoms in total. The van der Waals surface area contributed by atoms with Crippen LogP contribution in [0.1, 0.15) is 11.1 Å². The number of rotatable bonds is 6. The lowest BCUT2D eigenvalue weighted by Crippen LogP contribution is -2.43. The molecule has 0 amide bonds. The van der Waals surface area contributed by atoms with Crippen molar-refractivity contribution in [2.24, 2.45) is 0 Å². The van der Waals surface area contributed by atoms with Crippen molar-refractivity contribution in [3.8, 4) is 0 Å². The molecule has 1 aliphatic rings. The smallest absolute Gasteiger partial charge is 0.329 e. The molecule has 0 bridgehead atoms. The van der Waals surface area contributed by atoms with Gasteiger partial charge in [0.15, 0.2) is 0 Å². The van der Waals surface area contributed by atoms with Crippen LogP contribution >= 0.6 is 11.6 Å². The van der Waals surface area contributed by atoms with Crippen molar-refractivity contribution in [2.75, 3.05) is 38.5 Å². The molecular formula is C22H24ClN5O2. The Kier molecular flexibility index (Phi) is 6.13. The van der Waals surface area contributed by atoms with Crippen LogP contribution in [0.5, 0.6) is 0 Å². The first kappa shape index (κ1) is 20.5. The van der Waals surface area contributed by atoms with E-state index in [0.29, 0.717) is 23.1 Å². The van der Waals surface area contributed by atoms with Gasteiger partial charge in [0.2, 0.25) is 5.15 Å². The molecule has 0 radical (unpaired) electrons. The number of pyridine rings is 1. The van der Waals surface area contributed by atoms with Gasteiger partial charge in [0.1, 0.15) is 5.69 Å². The number of piperazine rings is 1. The van der Waals surface area contributed by atoms with E-state index >= 15 is 0 Å². The summed E-state index contributed by atoms with van der Waals surface area (Å²) in [4.78, 5) is 20.1. The minimum absolute atomic E-state index is 0.106. The molecule has 0 aliphatic carbocycles. The number of nitrogens with zero attached hydrogens (tertiary/aromatic N) is 4. The van der Waals surface area contributed by atoms with Gasteiger partial charge in [-0.3, -0.25) is 15.0 Å². The molecule has 0 atom stereocenters. The van der Waals surface area contributed by atoms with Crippen LogP contribution in [0.25, 0.3) is 10.9 Å². The Bertz CT molecular complexity index is 1070. The van der Waals surface area contributed by atoms with Crippen molar-refractivity contribution in [1.29, 1.82) is 0 Å². The van der Waals surface area contributed by atoms with Gasteiger partial charge in [-0.05, 0) is 24.2 Å². The molecule has 30 heavy (non-hydrogen) atoms. The Morgan fingerprint density at radius 3 is 2.60 bits per heavy atom. The molecule has 2 heterocycles. The van der Waals surface area contributed by atoms with Crippen LogP contribution in [0.4, 0.5) is 11.4 Å². The maximum absolute atomic E-state index is 11.6. The van der Waals surface area contributed by atoms with Gasteiger partial charge in [-0.1, -0.05) is 54.1 Å². The molecule has 0 unspecified atom stereocenters. The van der Waals surface area contributed by atoms with Gasteiger partial charge >= 0.3 is 5.69 Å². The van der Waals surface area contributed by atoms with Gasteiger partial charge in [0.05, 0.1) is 10.4 Å². The topological polar surface area (TPSA) is 74.5 Å². The number of fused-ring (bicyclic) bond motifs is 1. The first-order valence-electron chi connectivity index (χ1n) is 9.96. The van der Waals surface area contributed by atoms with E-state index in [-0.39, 0.29) is 10.8 Å². The Morgan fingerprint density at radius 1 is 1.10 bits per heavy atom. The van der Waals surface area contributed by atoms with E-state index in [2.05, 4.69) is 39.3 Å². The standard InChI is InChI=1S/C22H24ClN5O2/c1-26-9-11-27(12-10-26)15-17-6-4-5-16(13-17)14-24-20-18-7-2-3-8-19(18)25-22(23)21(20)28(29)30/h2-8,13H,9-12,14-15H2,1H3,(H,24,25). The van der Waals surface area contributed by atoms with Crippen LogP contribution in [-0.4, -0.2) is 52.9 Å². The molecule has 1 saturated heterocycles. The second-order valence-electron chi connectivity index (χ2n) is 7.65. The fraction of sp³-hybridized carbons (Fsp3) is 0.318. The monoisotopic (exact) mass is 425 g/mol. The van der Waals surface area contributed by atoms with Crippen molar-refractivity contribution >= 4 is 33.9 Å². The SMILES string of the molecule is CN1CCN(Cc2cccc(CNc3c([N+](=O)[O-])c(Cl)nc4ccccc34)c2)CC1.